The van der Waals surface area contributed by atoms with Crippen molar-refractivity contribution in [1.29, 1.82) is 0 Å². The lowest BCUT2D eigenvalue weighted by atomic mass is 9.67. The molecule has 0 atom stereocenters. The van der Waals surface area contributed by atoms with Crippen molar-refractivity contribution < 1.29 is 0 Å². The van der Waals surface area contributed by atoms with Crippen LogP contribution in [0.4, 0.5) is 0 Å². The molecular formula is C23H17Br. The Balaban J connectivity index is 2.15. The molecule has 0 aromatic heterocycles. The smallest absolute Gasteiger partial charge is 0.0332 e. The molecule has 0 saturated carbocycles. The topological polar surface area (TPSA) is 0 Å². The molecule has 0 N–H and O–H groups in total. The van der Waals surface area contributed by atoms with E-state index in [1.807, 2.05) is 0 Å². The van der Waals surface area contributed by atoms with Crippen molar-refractivity contribution in [2.75, 3.05) is 0 Å². The molecule has 0 heterocycles. The zero-order valence-corrected chi connectivity index (χ0v) is 15.3. The van der Waals surface area contributed by atoms with Gasteiger partial charge in [-0.05, 0) is 59.7 Å². The molecule has 0 amide bonds. The second-order valence-electron chi connectivity index (χ2n) is 7.13. The lowest BCUT2D eigenvalue weighted by Gasteiger charge is -2.36. The highest BCUT2D eigenvalue weighted by atomic mass is 79.9. The van der Waals surface area contributed by atoms with Crippen LogP contribution in [0.15, 0.2) is 71.2 Å². The van der Waals surface area contributed by atoms with Gasteiger partial charge in [0, 0.05) is 9.89 Å². The maximum Gasteiger partial charge on any atom is 0.0332 e. The predicted molar refractivity (Wildman–Crippen MR) is 107 cm³/mol. The molecule has 5 rings (SSSR count). The van der Waals surface area contributed by atoms with E-state index >= 15 is 0 Å². The van der Waals surface area contributed by atoms with Gasteiger partial charge in [-0.15, -0.1) is 0 Å². The van der Waals surface area contributed by atoms with Crippen LogP contribution >= 0.6 is 15.9 Å². The number of fused-ring (bicyclic) bond motifs is 4. The summed E-state index contributed by atoms with van der Waals surface area (Å²) in [5, 5.41) is 5.35. The first-order valence-corrected chi connectivity index (χ1v) is 9.13. The molecule has 0 spiro atoms. The van der Waals surface area contributed by atoms with E-state index in [-0.39, 0.29) is 5.41 Å². The van der Waals surface area contributed by atoms with Gasteiger partial charge >= 0.3 is 0 Å². The van der Waals surface area contributed by atoms with Crippen molar-refractivity contribution in [3.63, 3.8) is 0 Å². The van der Waals surface area contributed by atoms with Crippen LogP contribution in [0.3, 0.4) is 0 Å². The third kappa shape index (κ3) is 1.63. The summed E-state index contributed by atoms with van der Waals surface area (Å²) in [6.07, 6.45) is 0. The van der Waals surface area contributed by atoms with Crippen LogP contribution in [-0.2, 0) is 5.41 Å². The Hall–Kier alpha value is -2.12. The van der Waals surface area contributed by atoms with Gasteiger partial charge in [-0.3, -0.25) is 0 Å². The highest BCUT2D eigenvalue weighted by molar-refractivity contribution is 9.10. The zero-order chi connectivity index (χ0) is 16.5. The van der Waals surface area contributed by atoms with Crippen molar-refractivity contribution in [3.05, 3.63) is 82.3 Å². The summed E-state index contributed by atoms with van der Waals surface area (Å²) in [6.45, 7) is 4.72. The van der Waals surface area contributed by atoms with Crippen LogP contribution in [-0.4, -0.2) is 0 Å². The fourth-order valence-electron chi connectivity index (χ4n) is 4.45. The second-order valence-corrected chi connectivity index (χ2v) is 7.93. The average Bonchev–Trinajstić information content (AvgIpc) is 2.61. The van der Waals surface area contributed by atoms with E-state index in [9.17, 15) is 0 Å². The van der Waals surface area contributed by atoms with Gasteiger partial charge in [-0.1, -0.05) is 80.6 Å². The Kier molecular flexibility index (Phi) is 2.79. The summed E-state index contributed by atoms with van der Waals surface area (Å²) in [4.78, 5) is 0. The van der Waals surface area contributed by atoms with Gasteiger partial charge in [0.05, 0.1) is 0 Å². The largest absolute Gasteiger partial charge is 0.0619 e. The minimum atomic E-state index is -0.0243. The number of rotatable bonds is 0. The summed E-state index contributed by atoms with van der Waals surface area (Å²) in [5.41, 5.74) is 5.55. The van der Waals surface area contributed by atoms with Crippen molar-refractivity contribution in [3.8, 4) is 11.1 Å². The van der Waals surface area contributed by atoms with Crippen LogP contribution in [0.1, 0.15) is 25.0 Å². The Morgan fingerprint density at radius 1 is 0.667 bits per heavy atom. The molecule has 0 nitrogen and oxygen atoms in total. The minimum absolute atomic E-state index is 0.0243. The molecule has 0 saturated heterocycles. The molecule has 24 heavy (non-hydrogen) atoms. The Morgan fingerprint density at radius 2 is 1.29 bits per heavy atom. The van der Waals surface area contributed by atoms with Gasteiger partial charge in [0.25, 0.3) is 0 Å². The first kappa shape index (κ1) is 14.2. The van der Waals surface area contributed by atoms with E-state index in [2.05, 4.69) is 96.5 Å². The fraction of sp³-hybridized carbons (Fsp3) is 0.130. The first-order valence-electron chi connectivity index (χ1n) is 8.34. The van der Waals surface area contributed by atoms with Crippen LogP contribution in [0.25, 0.3) is 32.7 Å². The molecule has 116 valence electrons. The third-order valence-corrected chi connectivity index (χ3v) is 6.35. The molecule has 1 heteroatoms. The van der Waals surface area contributed by atoms with Crippen molar-refractivity contribution >= 4 is 37.5 Å². The Labute approximate surface area is 150 Å². The highest BCUT2D eigenvalue weighted by Gasteiger charge is 2.35. The van der Waals surface area contributed by atoms with Gasteiger partial charge in [0.2, 0.25) is 0 Å². The lowest BCUT2D eigenvalue weighted by Crippen LogP contribution is -2.24. The molecule has 4 aromatic carbocycles. The van der Waals surface area contributed by atoms with Crippen molar-refractivity contribution in [2.45, 2.75) is 19.3 Å². The van der Waals surface area contributed by atoms with Gasteiger partial charge in [0.15, 0.2) is 0 Å². The van der Waals surface area contributed by atoms with Crippen LogP contribution in [0, 0.1) is 0 Å². The molecule has 0 bridgehead atoms. The molecule has 0 aliphatic heterocycles. The van der Waals surface area contributed by atoms with E-state index in [1.165, 1.54) is 48.3 Å². The van der Waals surface area contributed by atoms with Crippen molar-refractivity contribution in [2.24, 2.45) is 0 Å². The molecular weight excluding hydrogens is 356 g/mol. The summed E-state index contributed by atoms with van der Waals surface area (Å²) >= 11 is 3.88. The zero-order valence-electron chi connectivity index (χ0n) is 13.7. The quantitative estimate of drug-likeness (QED) is 0.289. The fourth-order valence-corrected chi connectivity index (χ4v) is 5.12. The standard InChI is InChI=1S/C23H17Br/c1-23(2)19-13-6-5-8-14(19)15-11-7-12-18-20(15)21(23)16-9-3-4-10-17(16)22(18)24/h3-13H,1-2H3. The van der Waals surface area contributed by atoms with Gasteiger partial charge in [0.1, 0.15) is 0 Å². The minimum Gasteiger partial charge on any atom is -0.0619 e. The van der Waals surface area contributed by atoms with E-state index in [0.29, 0.717) is 0 Å². The number of hydrogen-bond donors (Lipinski definition) is 0. The van der Waals surface area contributed by atoms with E-state index in [4.69, 9.17) is 0 Å². The maximum atomic E-state index is 3.88. The molecule has 1 aliphatic carbocycles. The van der Waals surface area contributed by atoms with Crippen molar-refractivity contribution in [1.82, 2.24) is 0 Å². The summed E-state index contributed by atoms with van der Waals surface area (Å²) in [6, 6.07) is 24.3. The monoisotopic (exact) mass is 372 g/mol. The van der Waals surface area contributed by atoms with Gasteiger partial charge in [-0.2, -0.15) is 0 Å². The highest BCUT2D eigenvalue weighted by Crippen LogP contribution is 2.52. The van der Waals surface area contributed by atoms with E-state index < -0.39 is 0 Å². The van der Waals surface area contributed by atoms with Gasteiger partial charge < -0.3 is 0 Å². The molecule has 4 aromatic rings. The van der Waals surface area contributed by atoms with Crippen LogP contribution in [0.2, 0.25) is 0 Å². The Bertz CT molecular complexity index is 1140. The van der Waals surface area contributed by atoms with E-state index in [0.717, 1.165) is 0 Å². The lowest BCUT2D eigenvalue weighted by molar-refractivity contribution is 0.651. The summed E-state index contributed by atoms with van der Waals surface area (Å²) in [5.74, 6) is 0. The number of halogens is 1. The maximum absolute atomic E-state index is 3.88. The number of hydrogen-bond acceptors (Lipinski definition) is 0. The van der Waals surface area contributed by atoms with Gasteiger partial charge in [-0.25, -0.2) is 0 Å². The molecule has 0 unspecified atom stereocenters. The number of benzene rings is 4. The summed E-state index contributed by atoms with van der Waals surface area (Å²) in [7, 11) is 0. The molecule has 1 aliphatic rings. The Morgan fingerprint density at radius 3 is 2.12 bits per heavy atom. The second kappa shape index (κ2) is 4.70. The first-order chi connectivity index (χ1) is 11.6. The average molecular weight is 373 g/mol. The summed E-state index contributed by atoms with van der Waals surface area (Å²) < 4.78 is 1.20. The predicted octanol–water partition coefficient (Wildman–Crippen LogP) is 7.06. The molecule has 0 fully saturated rings. The van der Waals surface area contributed by atoms with E-state index in [1.54, 1.807) is 0 Å². The van der Waals surface area contributed by atoms with Crippen LogP contribution < -0.4 is 0 Å². The van der Waals surface area contributed by atoms with Crippen LogP contribution in [0.5, 0.6) is 0 Å². The SMILES string of the molecule is CC1(C)c2ccccc2-c2cccc3c(Br)c4ccccc4c1c23. The molecule has 0 radical (unpaired) electrons. The normalized spacial score (nSPS) is 14.8. The third-order valence-electron chi connectivity index (χ3n) is 5.50.